The minimum Gasteiger partial charge on any atom is -0.462 e. The number of allylic oxidation sites excluding steroid dienone is 20. The molecular weight excluding hydrogens is 925 g/mol. The molecule has 426 valence electrons. The molecule has 0 aromatic heterocycles. The molecule has 0 saturated carbocycles. The summed E-state index contributed by atoms with van der Waals surface area (Å²) in [6, 6.07) is 0. The molecule has 6 heteroatoms. The van der Waals surface area contributed by atoms with E-state index in [0.717, 1.165) is 148 Å². The van der Waals surface area contributed by atoms with Crippen molar-refractivity contribution in [2.24, 2.45) is 0 Å². The maximum Gasteiger partial charge on any atom is 0.306 e. The Kier molecular flexibility index (Phi) is 58.9. The summed E-state index contributed by atoms with van der Waals surface area (Å²) >= 11 is 0. The number of ether oxygens (including phenoxy) is 3. The first-order valence-corrected chi connectivity index (χ1v) is 31.0. The quantitative estimate of drug-likeness (QED) is 0.0261. The average Bonchev–Trinajstić information content (AvgIpc) is 3.41. The molecule has 0 radical (unpaired) electrons. The minimum absolute atomic E-state index is 0.0932. The van der Waals surface area contributed by atoms with Crippen LogP contribution in [-0.4, -0.2) is 37.2 Å². The lowest BCUT2D eigenvalue weighted by atomic mass is 10.0. The molecule has 0 aliphatic rings. The van der Waals surface area contributed by atoms with Crippen LogP contribution in [0.4, 0.5) is 0 Å². The molecule has 0 heterocycles. The van der Waals surface area contributed by atoms with E-state index in [1.807, 2.05) is 0 Å². The van der Waals surface area contributed by atoms with Crippen molar-refractivity contribution in [1.29, 1.82) is 0 Å². The number of hydrogen-bond acceptors (Lipinski definition) is 6. The third-order valence-electron chi connectivity index (χ3n) is 13.0. The van der Waals surface area contributed by atoms with Crippen molar-refractivity contribution in [3.05, 3.63) is 122 Å². The third-order valence-corrected chi connectivity index (χ3v) is 13.0. The van der Waals surface area contributed by atoms with Crippen LogP contribution in [-0.2, 0) is 28.6 Å². The van der Waals surface area contributed by atoms with Gasteiger partial charge in [0.25, 0.3) is 0 Å². The maximum atomic E-state index is 12.9. The van der Waals surface area contributed by atoms with Crippen LogP contribution in [0.15, 0.2) is 122 Å². The van der Waals surface area contributed by atoms with E-state index >= 15 is 0 Å². The number of hydrogen-bond donors (Lipinski definition) is 0. The highest BCUT2D eigenvalue weighted by molar-refractivity contribution is 5.71. The Bertz CT molecular complexity index is 1570. The van der Waals surface area contributed by atoms with Crippen molar-refractivity contribution in [3.8, 4) is 0 Å². The summed E-state index contributed by atoms with van der Waals surface area (Å²) in [6.45, 7) is 6.39. The first-order chi connectivity index (χ1) is 37.0. The molecule has 0 amide bonds. The van der Waals surface area contributed by atoms with Gasteiger partial charge in [-0.05, 0) is 109 Å². The van der Waals surface area contributed by atoms with Crippen molar-refractivity contribution in [2.75, 3.05) is 13.2 Å². The average molecular weight is 1040 g/mol. The molecule has 0 fully saturated rings. The Morgan fingerprint density at radius 2 is 0.520 bits per heavy atom. The lowest BCUT2D eigenvalue weighted by molar-refractivity contribution is -0.167. The zero-order chi connectivity index (χ0) is 54.3. The van der Waals surface area contributed by atoms with Gasteiger partial charge in [0.15, 0.2) is 6.10 Å². The molecule has 0 N–H and O–H groups in total. The number of carbonyl (C=O) groups excluding carboxylic acids is 3. The topological polar surface area (TPSA) is 78.9 Å². The molecule has 0 bridgehead atoms. The predicted octanol–water partition coefficient (Wildman–Crippen LogP) is 21.2. The molecule has 75 heavy (non-hydrogen) atoms. The van der Waals surface area contributed by atoms with Gasteiger partial charge in [0.05, 0.1) is 0 Å². The summed E-state index contributed by atoms with van der Waals surface area (Å²) in [7, 11) is 0. The summed E-state index contributed by atoms with van der Waals surface area (Å²) in [5.41, 5.74) is 0. The summed E-state index contributed by atoms with van der Waals surface area (Å²) in [5.74, 6) is -0.928. The van der Waals surface area contributed by atoms with E-state index in [9.17, 15) is 14.4 Å². The van der Waals surface area contributed by atoms with Gasteiger partial charge in [0.1, 0.15) is 13.2 Å². The van der Waals surface area contributed by atoms with Crippen LogP contribution in [0.2, 0.25) is 0 Å². The normalized spacial score (nSPS) is 12.9. The fourth-order valence-electron chi connectivity index (χ4n) is 8.38. The molecule has 1 atom stereocenters. The van der Waals surface area contributed by atoms with E-state index in [-0.39, 0.29) is 31.1 Å². The first kappa shape index (κ1) is 70.8. The van der Waals surface area contributed by atoms with E-state index in [2.05, 4.69) is 142 Å². The predicted molar refractivity (Wildman–Crippen MR) is 325 cm³/mol. The number of unbranched alkanes of at least 4 members (excludes halogenated alkanes) is 24. The third kappa shape index (κ3) is 60.6. The maximum absolute atomic E-state index is 12.9. The Labute approximate surface area is 462 Å². The fourth-order valence-corrected chi connectivity index (χ4v) is 8.38. The van der Waals surface area contributed by atoms with Crippen molar-refractivity contribution >= 4 is 17.9 Å². The van der Waals surface area contributed by atoms with Gasteiger partial charge >= 0.3 is 17.9 Å². The largest absolute Gasteiger partial charge is 0.462 e. The molecule has 0 saturated heterocycles. The highest BCUT2D eigenvalue weighted by Crippen LogP contribution is 2.15. The van der Waals surface area contributed by atoms with Crippen molar-refractivity contribution < 1.29 is 28.6 Å². The Hall–Kier alpha value is -4.19. The van der Waals surface area contributed by atoms with Crippen LogP contribution in [0.1, 0.15) is 278 Å². The summed E-state index contributed by atoms with van der Waals surface area (Å²) < 4.78 is 16.9. The lowest BCUT2D eigenvalue weighted by Gasteiger charge is -2.18. The lowest BCUT2D eigenvalue weighted by Crippen LogP contribution is -2.30. The smallest absolute Gasteiger partial charge is 0.306 e. The molecule has 0 aromatic carbocycles. The van der Waals surface area contributed by atoms with E-state index in [1.165, 1.54) is 89.9 Å². The van der Waals surface area contributed by atoms with Crippen LogP contribution >= 0.6 is 0 Å². The van der Waals surface area contributed by atoms with Gasteiger partial charge in [-0.25, -0.2) is 0 Å². The van der Waals surface area contributed by atoms with Crippen LogP contribution in [0.5, 0.6) is 0 Å². The number of esters is 3. The van der Waals surface area contributed by atoms with Crippen LogP contribution < -0.4 is 0 Å². The standard InChI is InChI=1S/C69H114O6/c1-4-7-10-13-16-19-22-25-28-30-31-32-33-34-35-36-37-39-41-44-47-50-53-56-59-62-68(71)74-65-66(64-73-67(70)61-58-55-52-49-46-43-40-27-24-21-18-15-12-9-6-3)75-69(72)63-60-57-54-51-48-45-42-38-29-26-23-20-17-14-11-8-5-2/h7-8,10-11,16-17,19-20,25-26,28-29,31-32,34-35,37,39,42,45,66H,4-6,9,12-15,18,21-24,27,30,33,36,38,40-41,43-44,46-65H2,1-3H3/b10-7-,11-8-,19-16-,20-17-,28-25-,29-26-,32-31-,35-34-,39-37-,45-42-. The van der Waals surface area contributed by atoms with Gasteiger partial charge in [-0.1, -0.05) is 271 Å². The van der Waals surface area contributed by atoms with E-state index in [1.54, 1.807) is 0 Å². The first-order valence-electron chi connectivity index (χ1n) is 31.0. The molecule has 0 rings (SSSR count). The second-order valence-corrected chi connectivity index (χ2v) is 20.2. The highest BCUT2D eigenvalue weighted by Gasteiger charge is 2.19. The Balaban J connectivity index is 4.43. The second kappa shape index (κ2) is 62.4. The number of carbonyl (C=O) groups is 3. The van der Waals surface area contributed by atoms with E-state index < -0.39 is 6.10 Å². The molecule has 6 nitrogen and oxygen atoms in total. The van der Waals surface area contributed by atoms with Gasteiger partial charge in [-0.15, -0.1) is 0 Å². The van der Waals surface area contributed by atoms with Gasteiger partial charge < -0.3 is 14.2 Å². The van der Waals surface area contributed by atoms with Gasteiger partial charge in [0, 0.05) is 19.3 Å². The molecule has 0 spiro atoms. The van der Waals surface area contributed by atoms with Crippen molar-refractivity contribution in [3.63, 3.8) is 0 Å². The summed E-state index contributed by atoms with van der Waals surface area (Å²) in [6.07, 6.45) is 86.2. The minimum atomic E-state index is -0.800. The summed E-state index contributed by atoms with van der Waals surface area (Å²) in [4.78, 5) is 38.3. The van der Waals surface area contributed by atoms with E-state index in [0.29, 0.717) is 19.3 Å². The fraction of sp³-hybridized carbons (Fsp3) is 0.667. The van der Waals surface area contributed by atoms with Gasteiger partial charge in [-0.3, -0.25) is 14.4 Å². The van der Waals surface area contributed by atoms with Crippen molar-refractivity contribution in [1.82, 2.24) is 0 Å². The second-order valence-electron chi connectivity index (χ2n) is 20.2. The van der Waals surface area contributed by atoms with Crippen LogP contribution in [0.25, 0.3) is 0 Å². The SMILES string of the molecule is CC/C=C\C/C=C\C/C=C\C/C=C\C/C=C\C/C=C\CCCCCCCCC(=O)OCC(COC(=O)CCCCCCCCCCCCCCCCC)OC(=O)CCCCCC/C=C\C/C=C\C/C=C\C/C=C\CC. The zero-order valence-electron chi connectivity index (χ0n) is 48.8. The van der Waals surface area contributed by atoms with Crippen LogP contribution in [0, 0.1) is 0 Å². The Morgan fingerprint density at radius 1 is 0.280 bits per heavy atom. The van der Waals surface area contributed by atoms with Crippen LogP contribution in [0.3, 0.4) is 0 Å². The molecule has 0 aromatic rings. The Morgan fingerprint density at radius 3 is 0.813 bits per heavy atom. The highest BCUT2D eigenvalue weighted by atomic mass is 16.6. The molecule has 1 unspecified atom stereocenters. The van der Waals surface area contributed by atoms with Gasteiger partial charge in [0.2, 0.25) is 0 Å². The zero-order valence-corrected chi connectivity index (χ0v) is 48.8. The molecule has 0 aliphatic heterocycles. The van der Waals surface area contributed by atoms with Gasteiger partial charge in [-0.2, -0.15) is 0 Å². The molecular formula is C69H114O6. The number of rotatable bonds is 55. The summed E-state index contributed by atoms with van der Waals surface area (Å²) in [5, 5.41) is 0. The monoisotopic (exact) mass is 1040 g/mol. The molecule has 0 aliphatic carbocycles. The van der Waals surface area contributed by atoms with Crippen molar-refractivity contribution in [2.45, 2.75) is 284 Å². The van der Waals surface area contributed by atoms with E-state index in [4.69, 9.17) is 14.2 Å².